The van der Waals surface area contributed by atoms with Crippen LogP contribution in [-0.4, -0.2) is 16.8 Å². The van der Waals surface area contributed by atoms with E-state index in [4.69, 9.17) is 0 Å². The molecule has 0 fully saturated rings. The van der Waals surface area contributed by atoms with Crippen LogP contribution in [0.15, 0.2) is 33.3 Å². The van der Waals surface area contributed by atoms with Gasteiger partial charge < -0.3 is 5.32 Å². The number of rotatable bonds is 4. The fourth-order valence-electron chi connectivity index (χ4n) is 2.42. The second-order valence-electron chi connectivity index (χ2n) is 5.20. The highest BCUT2D eigenvalue weighted by Gasteiger charge is 2.22. The summed E-state index contributed by atoms with van der Waals surface area (Å²) < 4.78 is 4.18. The van der Waals surface area contributed by atoms with Crippen molar-refractivity contribution in [3.8, 4) is 0 Å². The fraction of sp³-hybridized carbons (Fsp3) is 0.400. The highest BCUT2D eigenvalue weighted by atomic mass is 79.9. The molecule has 0 amide bonds. The number of aromatic nitrogens is 2. The van der Waals surface area contributed by atoms with Crippen molar-refractivity contribution >= 4 is 31.9 Å². The first-order valence-electron chi connectivity index (χ1n) is 6.61. The second-order valence-corrected chi connectivity index (χ2v) is 6.97. The lowest BCUT2D eigenvalue weighted by Crippen LogP contribution is -2.23. The van der Waals surface area contributed by atoms with Crippen molar-refractivity contribution < 1.29 is 0 Å². The van der Waals surface area contributed by atoms with Gasteiger partial charge >= 0.3 is 0 Å². The van der Waals surface area contributed by atoms with Gasteiger partial charge in [-0.05, 0) is 67.0 Å². The summed E-state index contributed by atoms with van der Waals surface area (Å²) in [5.74, 6) is 0. The van der Waals surface area contributed by atoms with Crippen molar-refractivity contribution in [2.45, 2.75) is 32.9 Å². The number of aryl methyl sites for hydroxylation is 1. The Balaban J connectivity index is 2.55. The van der Waals surface area contributed by atoms with Gasteiger partial charge in [0.1, 0.15) is 0 Å². The second kappa shape index (κ2) is 6.41. The molecule has 0 aliphatic carbocycles. The predicted molar refractivity (Wildman–Crippen MR) is 90.1 cm³/mol. The van der Waals surface area contributed by atoms with Crippen LogP contribution in [0.3, 0.4) is 0 Å². The molecule has 3 nitrogen and oxygen atoms in total. The third-order valence-corrected chi connectivity index (χ3v) is 4.30. The predicted octanol–water partition coefficient (Wildman–Crippen LogP) is 4.61. The maximum absolute atomic E-state index is 4.47. The van der Waals surface area contributed by atoms with Gasteiger partial charge in [-0.25, -0.2) is 0 Å². The SMILES string of the molecule is CNC(c1cc(C)cc(Br)c1)c1c(Br)cnn1C(C)C. The molecule has 1 atom stereocenters. The smallest absolute Gasteiger partial charge is 0.0758 e. The topological polar surface area (TPSA) is 29.9 Å². The molecule has 1 aromatic carbocycles. The van der Waals surface area contributed by atoms with E-state index in [0.29, 0.717) is 6.04 Å². The Hall–Kier alpha value is -0.650. The van der Waals surface area contributed by atoms with Gasteiger partial charge in [0.15, 0.2) is 0 Å². The molecular weight excluding hydrogens is 382 g/mol. The number of nitrogens with zero attached hydrogens (tertiary/aromatic N) is 2. The van der Waals surface area contributed by atoms with Crippen molar-refractivity contribution in [3.05, 3.63) is 50.2 Å². The third-order valence-electron chi connectivity index (χ3n) is 3.24. The van der Waals surface area contributed by atoms with Gasteiger partial charge in [0.05, 0.1) is 22.4 Å². The molecular formula is C15H19Br2N3. The van der Waals surface area contributed by atoms with Crippen molar-refractivity contribution in [3.63, 3.8) is 0 Å². The van der Waals surface area contributed by atoms with E-state index in [9.17, 15) is 0 Å². The van der Waals surface area contributed by atoms with Crippen molar-refractivity contribution in [2.75, 3.05) is 7.05 Å². The quantitative estimate of drug-likeness (QED) is 0.812. The van der Waals surface area contributed by atoms with Crippen molar-refractivity contribution in [2.24, 2.45) is 0 Å². The molecule has 2 rings (SSSR count). The molecule has 2 aromatic rings. The lowest BCUT2D eigenvalue weighted by atomic mass is 10.0. The Morgan fingerprint density at radius 2 is 1.90 bits per heavy atom. The first-order chi connectivity index (χ1) is 9.43. The zero-order valence-electron chi connectivity index (χ0n) is 12.1. The van der Waals surface area contributed by atoms with E-state index in [2.05, 4.69) is 85.9 Å². The standard InChI is InChI=1S/C15H19Br2N3/c1-9(2)20-15(13(17)8-19-20)14(18-4)11-5-10(3)6-12(16)7-11/h5-9,14,18H,1-4H3. The van der Waals surface area contributed by atoms with Crippen LogP contribution >= 0.6 is 31.9 Å². The van der Waals surface area contributed by atoms with E-state index >= 15 is 0 Å². The fourth-order valence-corrected chi connectivity index (χ4v) is 3.55. The zero-order valence-corrected chi connectivity index (χ0v) is 15.3. The lowest BCUT2D eigenvalue weighted by Gasteiger charge is -2.21. The molecule has 0 aliphatic heterocycles. The monoisotopic (exact) mass is 399 g/mol. The molecule has 20 heavy (non-hydrogen) atoms. The number of nitrogens with one attached hydrogen (secondary N) is 1. The van der Waals surface area contributed by atoms with Gasteiger partial charge in [0, 0.05) is 10.5 Å². The Kier molecular flexibility index (Phi) is 5.04. The summed E-state index contributed by atoms with van der Waals surface area (Å²) in [6, 6.07) is 6.89. The van der Waals surface area contributed by atoms with Crippen LogP contribution in [0.4, 0.5) is 0 Å². The highest BCUT2D eigenvalue weighted by molar-refractivity contribution is 9.10. The molecule has 1 N–H and O–H groups in total. The van der Waals surface area contributed by atoms with Crippen LogP contribution < -0.4 is 5.32 Å². The molecule has 1 unspecified atom stereocenters. The maximum Gasteiger partial charge on any atom is 0.0758 e. The molecule has 1 heterocycles. The van der Waals surface area contributed by atoms with Gasteiger partial charge in [0.2, 0.25) is 0 Å². The number of halogens is 2. The van der Waals surface area contributed by atoms with E-state index in [0.717, 1.165) is 14.6 Å². The Bertz CT molecular complexity index is 585. The van der Waals surface area contributed by atoms with Crippen molar-refractivity contribution in [1.82, 2.24) is 15.1 Å². The molecule has 0 spiro atoms. The summed E-state index contributed by atoms with van der Waals surface area (Å²) >= 11 is 7.20. The average molecular weight is 401 g/mol. The van der Waals surface area contributed by atoms with Crippen LogP contribution in [0.1, 0.15) is 42.8 Å². The Morgan fingerprint density at radius 3 is 2.45 bits per heavy atom. The minimum atomic E-state index is 0.102. The third kappa shape index (κ3) is 3.15. The average Bonchev–Trinajstić information content (AvgIpc) is 2.72. The summed E-state index contributed by atoms with van der Waals surface area (Å²) in [5, 5.41) is 7.87. The van der Waals surface area contributed by atoms with E-state index in [-0.39, 0.29) is 6.04 Å². The van der Waals surface area contributed by atoms with Gasteiger partial charge in [-0.1, -0.05) is 22.0 Å². The molecule has 0 saturated heterocycles. The van der Waals surface area contributed by atoms with E-state index in [1.165, 1.54) is 11.1 Å². The number of benzene rings is 1. The normalized spacial score (nSPS) is 12.9. The molecule has 0 saturated carbocycles. The molecule has 108 valence electrons. The molecule has 0 aliphatic rings. The summed E-state index contributed by atoms with van der Waals surface area (Å²) in [4.78, 5) is 0. The maximum atomic E-state index is 4.47. The minimum Gasteiger partial charge on any atom is -0.308 e. The minimum absolute atomic E-state index is 0.102. The van der Waals surface area contributed by atoms with E-state index in [1.54, 1.807) is 0 Å². The Morgan fingerprint density at radius 1 is 1.20 bits per heavy atom. The van der Waals surface area contributed by atoms with Crippen LogP contribution in [0, 0.1) is 6.92 Å². The molecule has 5 heteroatoms. The molecule has 1 aromatic heterocycles. The first-order valence-corrected chi connectivity index (χ1v) is 8.20. The van der Waals surface area contributed by atoms with Gasteiger partial charge in [-0.2, -0.15) is 5.10 Å². The van der Waals surface area contributed by atoms with E-state index in [1.807, 2.05) is 13.2 Å². The summed E-state index contributed by atoms with van der Waals surface area (Å²) in [6.45, 7) is 6.39. The van der Waals surface area contributed by atoms with Crippen LogP contribution in [-0.2, 0) is 0 Å². The highest BCUT2D eigenvalue weighted by Crippen LogP contribution is 2.31. The lowest BCUT2D eigenvalue weighted by molar-refractivity contribution is 0.483. The Labute approximate surface area is 137 Å². The van der Waals surface area contributed by atoms with Crippen LogP contribution in [0.2, 0.25) is 0 Å². The van der Waals surface area contributed by atoms with Crippen molar-refractivity contribution in [1.29, 1.82) is 0 Å². The summed E-state index contributed by atoms with van der Waals surface area (Å²) in [6.07, 6.45) is 1.87. The van der Waals surface area contributed by atoms with Crippen LogP contribution in [0.25, 0.3) is 0 Å². The van der Waals surface area contributed by atoms with Gasteiger partial charge in [0.25, 0.3) is 0 Å². The van der Waals surface area contributed by atoms with Gasteiger partial charge in [-0.3, -0.25) is 4.68 Å². The first kappa shape index (κ1) is 15.7. The molecule has 0 radical (unpaired) electrons. The largest absolute Gasteiger partial charge is 0.308 e. The van der Waals surface area contributed by atoms with Gasteiger partial charge in [-0.15, -0.1) is 0 Å². The van der Waals surface area contributed by atoms with Crippen LogP contribution in [0.5, 0.6) is 0 Å². The zero-order chi connectivity index (χ0) is 14.9. The summed E-state index contributed by atoms with van der Waals surface area (Å²) in [7, 11) is 1.98. The number of hydrogen-bond acceptors (Lipinski definition) is 2. The number of hydrogen-bond donors (Lipinski definition) is 1. The molecule has 0 bridgehead atoms. The summed E-state index contributed by atoms with van der Waals surface area (Å²) in [5.41, 5.74) is 3.61. The van der Waals surface area contributed by atoms with E-state index < -0.39 is 0 Å².